The third kappa shape index (κ3) is 2.71. The third-order valence-corrected chi connectivity index (χ3v) is 3.30. The smallest absolute Gasteiger partial charge is 0.309 e. The Morgan fingerprint density at radius 3 is 2.29 bits per heavy atom. The Hall–Kier alpha value is -0.570. The van der Waals surface area contributed by atoms with E-state index in [2.05, 4.69) is 0 Å². The fourth-order valence-electron chi connectivity index (χ4n) is 2.27. The first-order valence-corrected chi connectivity index (χ1v) is 5.44. The molecule has 1 aliphatic rings. The second kappa shape index (κ2) is 5.35. The zero-order valence-corrected chi connectivity index (χ0v) is 8.92. The number of carboxylic acids is 1. The number of ether oxygens (including phenoxy) is 1. The molecule has 0 aliphatic heterocycles. The molecule has 0 aromatic rings. The average molecular weight is 200 g/mol. The van der Waals surface area contributed by atoms with Gasteiger partial charge in [-0.3, -0.25) is 4.79 Å². The second-order valence-corrected chi connectivity index (χ2v) is 4.24. The number of rotatable bonds is 4. The molecule has 0 radical (unpaired) electrons. The van der Waals surface area contributed by atoms with E-state index >= 15 is 0 Å². The zero-order valence-electron chi connectivity index (χ0n) is 8.92. The van der Waals surface area contributed by atoms with Gasteiger partial charge in [0.05, 0.1) is 5.41 Å². The van der Waals surface area contributed by atoms with E-state index in [1.165, 1.54) is 12.8 Å². The highest BCUT2D eigenvalue weighted by molar-refractivity contribution is 5.74. The van der Waals surface area contributed by atoms with Crippen molar-refractivity contribution < 1.29 is 14.6 Å². The Labute approximate surface area is 85.5 Å². The number of hydrogen-bond acceptors (Lipinski definition) is 2. The molecule has 0 aromatic carbocycles. The van der Waals surface area contributed by atoms with E-state index < -0.39 is 11.4 Å². The first-order valence-electron chi connectivity index (χ1n) is 5.44. The van der Waals surface area contributed by atoms with Gasteiger partial charge in [-0.05, 0) is 19.3 Å². The molecule has 82 valence electrons. The quantitative estimate of drug-likeness (QED) is 0.709. The minimum atomic E-state index is -0.628. The maximum atomic E-state index is 11.3. The predicted octanol–water partition coefficient (Wildman–Crippen LogP) is 2.45. The highest BCUT2D eigenvalue weighted by atomic mass is 16.5. The molecule has 0 amide bonds. The van der Waals surface area contributed by atoms with Crippen LogP contribution in [-0.2, 0) is 9.53 Å². The second-order valence-electron chi connectivity index (χ2n) is 4.24. The maximum absolute atomic E-state index is 11.3. The van der Waals surface area contributed by atoms with Gasteiger partial charge in [-0.15, -0.1) is 0 Å². The molecule has 1 rings (SSSR count). The van der Waals surface area contributed by atoms with Crippen molar-refractivity contribution in [3.05, 3.63) is 0 Å². The van der Waals surface area contributed by atoms with Crippen LogP contribution in [0.15, 0.2) is 0 Å². The van der Waals surface area contributed by atoms with Crippen LogP contribution in [0.2, 0.25) is 0 Å². The standard InChI is InChI=1S/C11H20O3/c1-14-9-8-11(10(12)13)6-4-2-3-5-7-11/h2-9H2,1H3,(H,12,13). The van der Waals surface area contributed by atoms with Crippen molar-refractivity contribution >= 4 is 5.97 Å². The van der Waals surface area contributed by atoms with Gasteiger partial charge < -0.3 is 9.84 Å². The molecule has 3 heteroatoms. The molecule has 0 aromatic heterocycles. The molecule has 14 heavy (non-hydrogen) atoms. The van der Waals surface area contributed by atoms with Crippen LogP contribution in [0, 0.1) is 5.41 Å². The van der Waals surface area contributed by atoms with E-state index in [-0.39, 0.29) is 0 Å². The summed E-state index contributed by atoms with van der Waals surface area (Å²) in [5.74, 6) is -0.628. The molecule has 3 nitrogen and oxygen atoms in total. The van der Waals surface area contributed by atoms with Crippen molar-refractivity contribution in [2.45, 2.75) is 44.9 Å². The Balaban J connectivity index is 2.62. The van der Waals surface area contributed by atoms with Crippen molar-refractivity contribution in [2.24, 2.45) is 5.41 Å². The van der Waals surface area contributed by atoms with E-state index in [4.69, 9.17) is 4.74 Å². The van der Waals surface area contributed by atoms with Gasteiger partial charge in [0.25, 0.3) is 0 Å². The highest BCUT2D eigenvalue weighted by Gasteiger charge is 2.37. The fraction of sp³-hybridized carbons (Fsp3) is 0.909. The SMILES string of the molecule is COCCC1(C(=O)O)CCCCCC1. The fourth-order valence-corrected chi connectivity index (χ4v) is 2.27. The van der Waals surface area contributed by atoms with Gasteiger partial charge >= 0.3 is 5.97 Å². The van der Waals surface area contributed by atoms with Crippen LogP contribution < -0.4 is 0 Å². The van der Waals surface area contributed by atoms with Crippen LogP contribution in [0.4, 0.5) is 0 Å². The van der Waals surface area contributed by atoms with Gasteiger partial charge in [-0.1, -0.05) is 25.7 Å². The summed E-state index contributed by atoms with van der Waals surface area (Å²) in [5, 5.41) is 9.28. The molecule has 0 bridgehead atoms. The van der Waals surface area contributed by atoms with E-state index in [0.717, 1.165) is 25.7 Å². The molecule has 1 N–H and O–H groups in total. The Kier molecular flexibility index (Phi) is 4.39. The molecule has 0 spiro atoms. The van der Waals surface area contributed by atoms with Gasteiger partial charge in [0, 0.05) is 13.7 Å². The first-order chi connectivity index (χ1) is 6.71. The Morgan fingerprint density at radius 2 is 1.86 bits per heavy atom. The molecule has 0 unspecified atom stereocenters. The maximum Gasteiger partial charge on any atom is 0.309 e. The van der Waals surface area contributed by atoms with Crippen molar-refractivity contribution in [1.29, 1.82) is 0 Å². The lowest BCUT2D eigenvalue weighted by atomic mass is 9.78. The largest absolute Gasteiger partial charge is 0.481 e. The minimum Gasteiger partial charge on any atom is -0.481 e. The summed E-state index contributed by atoms with van der Waals surface area (Å²) < 4.78 is 5.00. The summed E-state index contributed by atoms with van der Waals surface area (Å²) in [6, 6.07) is 0. The van der Waals surface area contributed by atoms with Crippen LogP contribution in [-0.4, -0.2) is 24.8 Å². The lowest BCUT2D eigenvalue weighted by Gasteiger charge is -2.27. The monoisotopic (exact) mass is 200 g/mol. The highest BCUT2D eigenvalue weighted by Crippen LogP contribution is 2.38. The van der Waals surface area contributed by atoms with Crippen molar-refractivity contribution in [1.82, 2.24) is 0 Å². The van der Waals surface area contributed by atoms with Crippen LogP contribution in [0.1, 0.15) is 44.9 Å². The van der Waals surface area contributed by atoms with Crippen LogP contribution in [0.3, 0.4) is 0 Å². The first kappa shape index (κ1) is 11.5. The van der Waals surface area contributed by atoms with Gasteiger partial charge in [0.15, 0.2) is 0 Å². The molecule has 0 atom stereocenters. The van der Waals surface area contributed by atoms with E-state index in [1.807, 2.05) is 0 Å². The van der Waals surface area contributed by atoms with Crippen LogP contribution in [0.5, 0.6) is 0 Å². The van der Waals surface area contributed by atoms with E-state index in [1.54, 1.807) is 7.11 Å². The van der Waals surface area contributed by atoms with Gasteiger partial charge in [-0.2, -0.15) is 0 Å². The Morgan fingerprint density at radius 1 is 1.29 bits per heavy atom. The molecule has 0 heterocycles. The van der Waals surface area contributed by atoms with E-state index in [0.29, 0.717) is 13.0 Å². The Bertz CT molecular complexity index is 181. The zero-order chi connectivity index (χ0) is 10.4. The summed E-state index contributed by atoms with van der Waals surface area (Å²) in [4.78, 5) is 11.3. The van der Waals surface area contributed by atoms with Crippen molar-refractivity contribution in [3.63, 3.8) is 0 Å². The summed E-state index contributed by atoms with van der Waals surface area (Å²) in [5.41, 5.74) is -0.494. The van der Waals surface area contributed by atoms with Crippen molar-refractivity contribution in [2.75, 3.05) is 13.7 Å². The number of aliphatic carboxylic acids is 1. The minimum absolute atomic E-state index is 0.494. The number of methoxy groups -OCH3 is 1. The average Bonchev–Trinajstić information content (AvgIpc) is 2.41. The lowest BCUT2D eigenvalue weighted by Crippen LogP contribution is -2.31. The topological polar surface area (TPSA) is 46.5 Å². The number of carboxylic acid groups (broad SMARTS) is 1. The normalized spacial score (nSPS) is 21.5. The van der Waals surface area contributed by atoms with Gasteiger partial charge in [0.1, 0.15) is 0 Å². The predicted molar refractivity (Wildman–Crippen MR) is 54.3 cm³/mol. The van der Waals surface area contributed by atoms with Crippen LogP contribution >= 0.6 is 0 Å². The molecule has 1 fully saturated rings. The molecular formula is C11H20O3. The van der Waals surface area contributed by atoms with E-state index in [9.17, 15) is 9.90 Å². The van der Waals surface area contributed by atoms with Gasteiger partial charge in [-0.25, -0.2) is 0 Å². The summed E-state index contributed by atoms with van der Waals surface area (Å²) in [7, 11) is 1.63. The molecule has 1 saturated carbocycles. The summed E-state index contributed by atoms with van der Waals surface area (Å²) in [6.07, 6.45) is 6.78. The third-order valence-electron chi connectivity index (χ3n) is 3.30. The summed E-state index contributed by atoms with van der Waals surface area (Å²) >= 11 is 0. The number of hydrogen-bond donors (Lipinski definition) is 1. The number of carbonyl (C=O) groups is 1. The summed E-state index contributed by atoms with van der Waals surface area (Å²) in [6.45, 7) is 0.562. The van der Waals surface area contributed by atoms with Gasteiger partial charge in [0.2, 0.25) is 0 Å². The lowest BCUT2D eigenvalue weighted by molar-refractivity contribution is -0.151. The molecule has 0 saturated heterocycles. The van der Waals surface area contributed by atoms with Crippen LogP contribution in [0.25, 0.3) is 0 Å². The molecular weight excluding hydrogens is 180 g/mol. The molecule has 1 aliphatic carbocycles. The van der Waals surface area contributed by atoms with Crippen molar-refractivity contribution in [3.8, 4) is 0 Å².